The zero-order chi connectivity index (χ0) is 9.45. The SMILES string of the molecule is C#CC(CC)(CC)OCCC#N. The molecule has 0 rings (SSSR count). The first kappa shape index (κ1) is 11.0. The van der Waals surface area contributed by atoms with Gasteiger partial charge in [-0.1, -0.05) is 19.8 Å². The predicted molar refractivity (Wildman–Crippen MR) is 48.3 cm³/mol. The van der Waals surface area contributed by atoms with Crippen LogP contribution in [0.1, 0.15) is 33.1 Å². The standard InChI is InChI=1S/C10H15NO/c1-4-10(5-2,6-3)12-9-7-8-11/h1H,5-7,9H2,2-3H3. The molecule has 2 nitrogen and oxygen atoms in total. The second kappa shape index (κ2) is 5.63. The van der Waals surface area contributed by atoms with E-state index >= 15 is 0 Å². The summed E-state index contributed by atoms with van der Waals surface area (Å²) < 4.78 is 5.46. The fraction of sp³-hybridized carbons (Fsp3) is 0.700. The van der Waals surface area contributed by atoms with Gasteiger partial charge >= 0.3 is 0 Å². The molecule has 66 valence electrons. The molecule has 2 heteroatoms. The van der Waals surface area contributed by atoms with Gasteiger partial charge in [0.25, 0.3) is 0 Å². The Bertz CT molecular complexity index is 193. The third-order valence-electron chi connectivity index (χ3n) is 2.00. The average Bonchev–Trinajstić information content (AvgIpc) is 2.14. The molecule has 0 unspecified atom stereocenters. The molecule has 0 heterocycles. The highest BCUT2D eigenvalue weighted by atomic mass is 16.5. The fourth-order valence-corrected chi connectivity index (χ4v) is 0.992. The van der Waals surface area contributed by atoms with Crippen LogP contribution in [0.2, 0.25) is 0 Å². The minimum atomic E-state index is -0.448. The molecular formula is C10H15NO. The van der Waals surface area contributed by atoms with E-state index in [0.717, 1.165) is 12.8 Å². The molecule has 0 bridgehead atoms. The van der Waals surface area contributed by atoms with Crippen LogP contribution in [0.15, 0.2) is 0 Å². The van der Waals surface area contributed by atoms with Crippen molar-refractivity contribution in [2.75, 3.05) is 6.61 Å². The van der Waals surface area contributed by atoms with Gasteiger partial charge in [-0.05, 0) is 12.8 Å². The van der Waals surface area contributed by atoms with Crippen LogP contribution < -0.4 is 0 Å². The molecule has 0 atom stereocenters. The average molecular weight is 165 g/mol. The summed E-state index contributed by atoms with van der Waals surface area (Å²) in [5, 5.41) is 8.30. The Hall–Kier alpha value is -0.990. The predicted octanol–water partition coefficient (Wildman–Crippen LogP) is 2.11. The van der Waals surface area contributed by atoms with Gasteiger partial charge in [-0.2, -0.15) is 5.26 Å². The molecule has 0 aliphatic rings. The summed E-state index contributed by atoms with van der Waals surface area (Å²) in [4.78, 5) is 0. The molecule has 12 heavy (non-hydrogen) atoms. The molecule has 0 aromatic rings. The second-order valence-corrected chi connectivity index (χ2v) is 2.60. The maximum absolute atomic E-state index is 8.30. The van der Waals surface area contributed by atoms with Gasteiger partial charge in [-0.15, -0.1) is 6.42 Å². The molecule has 0 saturated carbocycles. The van der Waals surface area contributed by atoms with Crippen molar-refractivity contribution in [1.29, 1.82) is 5.26 Å². The van der Waals surface area contributed by atoms with Gasteiger partial charge < -0.3 is 4.74 Å². The van der Waals surface area contributed by atoms with E-state index in [0.29, 0.717) is 13.0 Å². The summed E-state index contributed by atoms with van der Waals surface area (Å²) in [6.07, 6.45) is 7.35. The quantitative estimate of drug-likeness (QED) is 0.461. The summed E-state index contributed by atoms with van der Waals surface area (Å²) in [7, 11) is 0. The number of rotatable bonds is 5. The van der Waals surface area contributed by atoms with E-state index in [1.807, 2.05) is 19.9 Å². The van der Waals surface area contributed by atoms with Crippen molar-refractivity contribution < 1.29 is 4.74 Å². The Balaban J connectivity index is 3.98. The second-order valence-electron chi connectivity index (χ2n) is 2.60. The van der Waals surface area contributed by atoms with Crippen LogP contribution in [0.4, 0.5) is 0 Å². The normalized spacial score (nSPS) is 10.3. The van der Waals surface area contributed by atoms with Crippen molar-refractivity contribution in [3.63, 3.8) is 0 Å². The van der Waals surface area contributed by atoms with E-state index in [2.05, 4.69) is 5.92 Å². The van der Waals surface area contributed by atoms with Crippen molar-refractivity contribution in [3.05, 3.63) is 0 Å². The number of ether oxygens (including phenoxy) is 1. The van der Waals surface area contributed by atoms with Crippen molar-refractivity contribution in [1.82, 2.24) is 0 Å². The Morgan fingerprint density at radius 1 is 1.42 bits per heavy atom. The van der Waals surface area contributed by atoms with Gasteiger partial charge in [0, 0.05) is 0 Å². The van der Waals surface area contributed by atoms with Crippen LogP contribution in [0, 0.1) is 23.7 Å². The van der Waals surface area contributed by atoms with Crippen LogP contribution in [-0.4, -0.2) is 12.2 Å². The Labute approximate surface area is 74.5 Å². The number of hydrogen-bond donors (Lipinski definition) is 0. The maximum atomic E-state index is 8.30. The number of terminal acetylenes is 1. The molecule has 0 aromatic carbocycles. The maximum Gasteiger partial charge on any atom is 0.127 e. The summed E-state index contributed by atoms with van der Waals surface area (Å²) in [5.41, 5.74) is -0.448. The summed E-state index contributed by atoms with van der Waals surface area (Å²) in [5.74, 6) is 2.64. The molecule has 0 spiro atoms. The number of hydrogen-bond acceptors (Lipinski definition) is 2. The summed E-state index contributed by atoms with van der Waals surface area (Å²) >= 11 is 0. The van der Waals surface area contributed by atoms with Crippen molar-refractivity contribution in [3.8, 4) is 18.4 Å². The molecule has 0 aliphatic heterocycles. The minimum absolute atomic E-state index is 0.406. The molecule has 0 aliphatic carbocycles. The molecule has 0 aromatic heterocycles. The molecule has 0 saturated heterocycles. The highest BCUT2D eigenvalue weighted by Gasteiger charge is 2.23. The van der Waals surface area contributed by atoms with Crippen molar-refractivity contribution in [2.24, 2.45) is 0 Å². The minimum Gasteiger partial charge on any atom is -0.361 e. The van der Waals surface area contributed by atoms with Gasteiger partial charge in [0.15, 0.2) is 0 Å². The smallest absolute Gasteiger partial charge is 0.127 e. The van der Waals surface area contributed by atoms with Crippen LogP contribution in [0.3, 0.4) is 0 Å². The number of nitriles is 1. The van der Waals surface area contributed by atoms with Crippen molar-refractivity contribution in [2.45, 2.75) is 38.7 Å². The first-order valence-corrected chi connectivity index (χ1v) is 4.23. The lowest BCUT2D eigenvalue weighted by Crippen LogP contribution is -2.29. The van der Waals surface area contributed by atoms with Gasteiger partial charge in [0.2, 0.25) is 0 Å². The summed E-state index contributed by atoms with van der Waals surface area (Å²) in [6.45, 7) is 4.42. The lowest BCUT2D eigenvalue weighted by molar-refractivity contribution is -0.00309. The van der Waals surface area contributed by atoms with Crippen LogP contribution in [0.5, 0.6) is 0 Å². The Morgan fingerprint density at radius 3 is 2.33 bits per heavy atom. The van der Waals surface area contributed by atoms with E-state index < -0.39 is 5.60 Å². The molecule has 0 N–H and O–H groups in total. The first-order chi connectivity index (χ1) is 5.74. The zero-order valence-electron chi connectivity index (χ0n) is 7.76. The van der Waals surface area contributed by atoms with Gasteiger partial charge in [-0.3, -0.25) is 0 Å². The van der Waals surface area contributed by atoms with Gasteiger partial charge in [-0.25, -0.2) is 0 Å². The van der Waals surface area contributed by atoms with E-state index in [-0.39, 0.29) is 0 Å². The Morgan fingerprint density at radius 2 is 2.00 bits per heavy atom. The molecular weight excluding hydrogens is 150 g/mol. The number of nitrogens with zero attached hydrogens (tertiary/aromatic N) is 1. The highest BCUT2D eigenvalue weighted by molar-refractivity contribution is 5.07. The van der Waals surface area contributed by atoms with E-state index in [1.54, 1.807) is 0 Å². The first-order valence-electron chi connectivity index (χ1n) is 4.23. The monoisotopic (exact) mass is 165 g/mol. The molecule has 0 radical (unpaired) electrons. The lowest BCUT2D eigenvalue weighted by Gasteiger charge is -2.25. The van der Waals surface area contributed by atoms with Gasteiger partial charge in [0.05, 0.1) is 19.1 Å². The third kappa shape index (κ3) is 2.95. The molecule has 0 fully saturated rings. The van der Waals surface area contributed by atoms with E-state index in [4.69, 9.17) is 16.4 Å². The van der Waals surface area contributed by atoms with Crippen LogP contribution in [0.25, 0.3) is 0 Å². The third-order valence-corrected chi connectivity index (χ3v) is 2.00. The fourth-order valence-electron chi connectivity index (χ4n) is 0.992. The topological polar surface area (TPSA) is 33.0 Å². The highest BCUT2D eigenvalue weighted by Crippen LogP contribution is 2.19. The largest absolute Gasteiger partial charge is 0.361 e. The Kier molecular flexibility index (Phi) is 5.17. The van der Waals surface area contributed by atoms with E-state index in [9.17, 15) is 0 Å². The van der Waals surface area contributed by atoms with Crippen LogP contribution in [-0.2, 0) is 4.74 Å². The van der Waals surface area contributed by atoms with Crippen molar-refractivity contribution >= 4 is 0 Å². The zero-order valence-corrected chi connectivity index (χ0v) is 7.76. The van der Waals surface area contributed by atoms with Crippen LogP contribution >= 0.6 is 0 Å². The van der Waals surface area contributed by atoms with E-state index in [1.165, 1.54) is 0 Å². The molecule has 0 amide bonds. The summed E-state index contributed by atoms with van der Waals surface area (Å²) in [6, 6.07) is 2.02. The lowest BCUT2D eigenvalue weighted by atomic mass is 9.98. The van der Waals surface area contributed by atoms with Gasteiger partial charge in [0.1, 0.15) is 5.60 Å².